The molecule has 0 atom stereocenters. The van der Waals surface area contributed by atoms with E-state index in [0.717, 1.165) is 24.2 Å². The summed E-state index contributed by atoms with van der Waals surface area (Å²) in [7, 11) is 1.89. The van der Waals surface area contributed by atoms with Crippen LogP contribution in [0.4, 0.5) is 5.82 Å². The van der Waals surface area contributed by atoms with Gasteiger partial charge in [0.05, 0.1) is 10.6 Å². The van der Waals surface area contributed by atoms with Crippen molar-refractivity contribution in [3.8, 4) is 10.6 Å². The molecule has 2 aromatic heterocycles. The Labute approximate surface area is 126 Å². The molecule has 2 rings (SSSR count). The molecule has 0 amide bonds. The maximum absolute atomic E-state index is 8.81. The summed E-state index contributed by atoms with van der Waals surface area (Å²) in [5.41, 5.74) is 1.05. The lowest BCUT2D eigenvalue weighted by atomic mass is 10.3. The first kappa shape index (κ1) is 18.3. The van der Waals surface area contributed by atoms with Crippen molar-refractivity contribution in [2.45, 2.75) is 34.1 Å². The maximum atomic E-state index is 8.81. The first-order valence-corrected chi connectivity index (χ1v) is 7.70. The molecule has 0 radical (unpaired) electrons. The minimum absolute atomic E-state index is 0.750. The van der Waals surface area contributed by atoms with E-state index in [1.54, 1.807) is 0 Å². The second-order valence-corrected chi connectivity index (χ2v) is 4.68. The minimum Gasteiger partial charge on any atom is -0.373 e. The van der Waals surface area contributed by atoms with E-state index in [9.17, 15) is 0 Å². The van der Waals surface area contributed by atoms with Crippen molar-refractivity contribution in [1.82, 2.24) is 4.98 Å². The molecule has 0 bridgehead atoms. The van der Waals surface area contributed by atoms with E-state index in [0.29, 0.717) is 0 Å². The fourth-order valence-corrected chi connectivity index (χ4v) is 2.33. The Morgan fingerprint density at radius 3 is 2.40 bits per heavy atom. The predicted molar refractivity (Wildman–Crippen MR) is 89.6 cm³/mol. The summed E-state index contributed by atoms with van der Waals surface area (Å²) in [6, 6.07) is 10.4. The Morgan fingerprint density at radius 1 is 1.25 bits per heavy atom. The first-order valence-electron chi connectivity index (χ1n) is 6.88. The molecule has 0 unspecified atom stereocenters. The number of carbonyl (C=O) groups excluding carboxylic acids is 1. The minimum atomic E-state index is 0.750. The summed E-state index contributed by atoms with van der Waals surface area (Å²) in [6.07, 6.45) is 1.84. The molecule has 0 aliphatic carbocycles. The Kier molecular flexibility index (Phi) is 10.2. The average Bonchev–Trinajstić information content (AvgIpc) is 2.99. The van der Waals surface area contributed by atoms with E-state index < -0.39 is 0 Å². The number of anilines is 1. The Morgan fingerprint density at radius 2 is 1.90 bits per heavy atom. The zero-order chi connectivity index (χ0) is 15.4. The number of nitrogens with one attached hydrogen (secondary N) is 1. The van der Waals surface area contributed by atoms with Gasteiger partial charge in [-0.05, 0) is 37.6 Å². The molecule has 0 aliphatic rings. The van der Waals surface area contributed by atoms with Crippen LogP contribution in [0.25, 0.3) is 10.6 Å². The van der Waals surface area contributed by atoms with Gasteiger partial charge >= 0.3 is 0 Å². The van der Waals surface area contributed by atoms with Crippen LogP contribution >= 0.6 is 11.3 Å². The normalized spacial score (nSPS) is 8.65. The molecular formula is C16H24N2OS. The standard InChI is InChI=1S/C12H14N2S.C2H4O.C2H6/c1-3-9-7-8-11(15-9)10-5-4-6-12(13-2)14-10;1-2-3;1-2/h4-8H,3H2,1-2H3,(H,13,14);2H,1H3;1-2H3. The van der Waals surface area contributed by atoms with Gasteiger partial charge in [-0.25, -0.2) is 4.98 Å². The van der Waals surface area contributed by atoms with Gasteiger partial charge in [-0.1, -0.05) is 26.8 Å². The van der Waals surface area contributed by atoms with Gasteiger partial charge in [0, 0.05) is 11.9 Å². The number of aryl methyl sites for hydroxylation is 1. The molecule has 2 heterocycles. The van der Waals surface area contributed by atoms with Crippen LogP contribution in [-0.2, 0) is 11.2 Å². The summed E-state index contributed by atoms with van der Waals surface area (Å²) < 4.78 is 0. The highest BCUT2D eigenvalue weighted by Crippen LogP contribution is 2.27. The van der Waals surface area contributed by atoms with Crippen LogP contribution in [-0.4, -0.2) is 18.3 Å². The summed E-state index contributed by atoms with van der Waals surface area (Å²) in [4.78, 5) is 16.0. The smallest absolute Gasteiger partial charge is 0.126 e. The third-order valence-corrected chi connectivity index (χ3v) is 3.52. The fraction of sp³-hybridized carbons (Fsp3) is 0.375. The summed E-state index contributed by atoms with van der Waals surface area (Å²) in [5.74, 6) is 0.916. The molecule has 0 aliphatic heterocycles. The fourth-order valence-electron chi connectivity index (χ4n) is 1.42. The number of nitrogens with zero attached hydrogens (tertiary/aromatic N) is 1. The molecule has 2 aromatic rings. The lowest BCUT2D eigenvalue weighted by molar-refractivity contribution is -0.106. The molecule has 0 fully saturated rings. The molecule has 20 heavy (non-hydrogen) atoms. The third-order valence-electron chi connectivity index (χ3n) is 2.27. The molecule has 4 heteroatoms. The van der Waals surface area contributed by atoms with Gasteiger partial charge < -0.3 is 10.1 Å². The molecule has 0 saturated heterocycles. The predicted octanol–water partition coefficient (Wildman–Crippen LogP) is 4.65. The van der Waals surface area contributed by atoms with Crippen LogP contribution in [0.1, 0.15) is 32.6 Å². The van der Waals surface area contributed by atoms with Gasteiger partial charge in [0.1, 0.15) is 12.1 Å². The highest BCUT2D eigenvalue weighted by molar-refractivity contribution is 7.15. The molecule has 110 valence electrons. The number of hydrogen-bond donors (Lipinski definition) is 1. The van der Waals surface area contributed by atoms with E-state index >= 15 is 0 Å². The Bertz CT molecular complexity index is 495. The van der Waals surface area contributed by atoms with Crippen molar-refractivity contribution < 1.29 is 4.79 Å². The Balaban J connectivity index is 0.000000641. The van der Waals surface area contributed by atoms with Gasteiger partial charge in [0.25, 0.3) is 0 Å². The van der Waals surface area contributed by atoms with Gasteiger partial charge in [0.15, 0.2) is 0 Å². The van der Waals surface area contributed by atoms with E-state index in [2.05, 4.69) is 29.4 Å². The molecule has 1 N–H and O–H groups in total. The third kappa shape index (κ3) is 5.97. The van der Waals surface area contributed by atoms with E-state index in [1.165, 1.54) is 16.7 Å². The van der Waals surface area contributed by atoms with Crippen molar-refractivity contribution in [1.29, 1.82) is 0 Å². The highest BCUT2D eigenvalue weighted by Gasteiger charge is 2.03. The lowest BCUT2D eigenvalue weighted by Gasteiger charge is -2.01. The summed E-state index contributed by atoms with van der Waals surface area (Å²) in [5, 5.41) is 3.05. The molecule has 0 saturated carbocycles. The molecular weight excluding hydrogens is 268 g/mol. The summed E-state index contributed by atoms with van der Waals surface area (Å²) in [6.45, 7) is 7.62. The van der Waals surface area contributed by atoms with Crippen LogP contribution in [0.5, 0.6) is 0 Å². The first-order chi connectivity index (χ1) is 9.74. The van der Waals surface area contributed by atoms with Crippen molar-refractivity contribution in [2.24, 2.45) is 0 Å². The SMILES string of the molecule is CC.CC=O.CCc1ccc(-c2cccc(NC)n2)s1. The number of carbonyl (C=O) groups is 1. The van der Waals surface area contributed by atoms with Crippen LogP contribution in [0.15, 0.2) is 30.3 Å². The second kappa shape index (κ2) is 11.2. The summed E-state index contributed by atoms with van der Waals surface area (Å²) >= 11 is 1.81. The quantitative estimate of drug-likeness (QED) is 0.838. The molecule has 0 aromatic carbocycles. The number of rotatable bonds is 3. The van der Waals surface area contributed by atoms with E-state index in [4.69, 9.17) is 4.79 Å². The van der Waals surface area contributed by atoms with Gasteiger partial charge in [-0.2, -0.15) is 0 Å². The van der Waals surface area contributed by atoms with Gasteiger partial charge in [-0.3, -0.25) is 0 Å². The highest BCUT2D eigenvalue weighted by atomic mass is 32.1. The zero-order valence-corrected chi connectivity index (χ0v) is 13.8. The molecule has 3 nitrogen and oxygen atoms in total. The van der Waals surface area contributed by atoms with Crippen LogP contribution in [0.3, 0.4) is 0 Å². The topological polar surface area (TPSA) is 42.0 Å². The lowest BCUT2D eigenvalue weighted by Crippen LogP contribution is -1.91. The molecule has 0 spiro atoms. The largest absolute Gasteiger partial charge is 0.373 e. The van der Waals surface area contributed by atoms with Crippen molar-refractivity contribution in [2.75, 3.05) is 12.4 Å². The van der Waals surface area contributed by atoms with Crippen molar-refractivity contribution in [3.63, 3.8) is 0 Å². The maximum Gasteiger partial charge on any atom is 0.126 e. The second-order valence-electron chi connectivity index (χ2n) is 3.51. The van der Waals surface area contributed by atoms with E-state index in [-0.39, 0.29) is 0 Å². The van der Waals surface area contributed by atoms with Crippen LogP contribution in [0.2, 0.25) is 0 Å². The zero-order valence-electron chi connectivity index (χ0n) is 12.9. The number of hydrogen-bond acceptors (Lipinski definition) is 4. The van der Waals surface area contributed by atoms with E-state index in [1.807, 2.05) is 50.4 Å². The number of thiophene rings is 1. The van der Waals surface area contributed by atoms with Crippen LogP contribution < -0.4 is 5.32 Å². The van der Waals surface area contributed by atoms with Crippen molar-refractivity contribution >= 4 is 23.4 Å². The number of pyridine rings is 1. The Hall–Kier alpha value is -1.68. The van der Waals surface area contributed by atoms with Gasteiger partial charge in [0.2, 0.25) is 0 Å². The van der Waals surface area contributed by atoms with Crippen LogP contribution in [0, 0.1) is 0 Å². The average molecular weight is 292 g/mol. The number of aromatic nitrogens is 1. The number of aldehydes is 1. The van der Waals surface area contributed by atoms with Crippen molar-refractivity contribution in [3.05, 3.63) is 35.2 Å². The van der Waals surface area contributed by atoms with Gasteiger partial charge in [-0.15, -0.1) is 11.3 Å². The monoisotopic (exact) mass is 292 g/mol.